The van der Waals surface area contributed by atoms with E-state index >= 15 is 0 Å². The fourth-order valence-corrected chi connectivity index (χ4v) is 1.61. The van der Waals surface area contributed by atoms with E-state index in [1.807, 2.05) is 25.1 Å². The molecule has 1 rings (SSSR count). The monoisotopic (exact) mass is 242 g/mol. The van der Waals surface area contributed by atoms with Crippen LogP contribution in [-0.2, 0) is 4.74 Å². The molecule has 0 bridgehead atoms. The molecule has 3 heteroatoms. The molecule has 0 spiro atoms. The van der Waals surface area contributed by atoms with Gasteiger partial charge < -0.3 is 9.47 Å². The van der Waals surface area contributed by atoms with Crippen LogP contribution < -0.4 is 4.74 Å². The van der Waals surface area contributed by atoms with E-state index in [1.54, 1.807) is 7.11 Å². The summed E-state index contributed by atoms with van der Waals surface area (Å²) in [6.45, 7) is 5.27. The number of alkyl halides is 1. The normalized spacial score (nSPS) is 14.5. The molecule has 0 N–H and O–H groups in total. The summed E-state index contributed by atoms with van der Waals surface area (Å²) in [5.74, 6) is 1.18. The molecule has 0 aliphatic carbocycles. The first-order chi connectivity index (χ1) is 7.66. The van der Waals surface area contributed by atoms with Crippen molar-refractivity contribution in [1.82, 2.24) is 0 Å². The number of benzene rings is 1. The molecule has 0 aromatic heterocycles. The lowest BCUT2D eigenvalue weighted by Gasteiger charge is -2.18. The molecule has 1 aromatic carbocycles. The van der Waals surface area contributed by atoms with Gasteiger partial charge in [0.2, 0.25) is 0 Å². The lowest BCUT2D eigenvalue weighted by Crippen LogP contribution is -2.10. The number of methoxy groups -OCH3 is 1. The maximum Gasteiger partial charge on any atom is 0.122 e. The summed E-state index contributed by atoms with van der Waals surface area (Å²) in [7, 11) is 1.67. The van der Waals surface area contributed by atoms with Crippen LogP contribution >= 0.6 is 11.6 Å². The van der Waals surface area contributed by atoms with Crippen molar-refractivity contribution in [3.05, 3.63) is 29.8 Å². The first-order valence-corrected chi connectivity index (χ1v) is 5.95. The second-order valence-electron chi connectivity index (χ2n) is 3.85. The van der Waals surface area contributed by atoms with Crippen LogP contribution in [0.1, 0.15) is 25.3 Å². The molecule has 2 atom stereocenters. The minimum Gasteiger partial charge on any atom is -0.491 e. The lowest BCUT2D eigenvalue weighted by atomic mass is 9.97. The Morgan fingerprint density at radius 2 is 1.88 bits per heavy atom. The predicted molar refractivity (Wildman–Crippen MR) is 67.5 cm³/mol. The third-order valence-corrected chi connectivity index (χ3v) is 3.02. The summed E-state index contributed by atoms with van der Waals surface area (Å²) in [6, 6.07) is 8.01. The van der Waals surface area contributed by atoms with Crippen molar-refractivity contribution in [2.24, 2.45) is 0 Å². The van der Waals surface area contributed by atoms with Crippen LogP contribution in [0.5, 0.6) is 5.75 Å². The molecule has 2 unspecified atom stereocenters. The Morgan fingerprint density at radius 3 is 2.50 bits per heavy atom. The van der Waals surface area contributed by atoms with Gasteiger partial charge in [-0.15, -0.1) is 11.6 Å². The summed E-state index contributed by atoms with van der Waals surface area (Å²) >= 11 is 6.12. The van der Waals surface area contributed by atoms with Crippen molar-refractivity contribution >= 4 is 11.6 Å². The smallest absolute Gasteiger partial charge is 0.122 e. The molecule has 90 valence electrons. The van der Waals surface area contributed by atoms with Gasteiger partial charge in [0.1, 0.15) is 12.4 Å². The van der Waals surface area contributed by atoms with Crippen molar-refractivity contribution in [3.8, 4) is 5.75 Å². The summed E-state index contributed by atoms with van der Waals surface area (Å²) < 4.78 is 10.6. The standard InChI is InChI=1S/C13H19ClO2/c1-10(11(2)14)12-6-4-5-7-13(12)16-9-8-15-3/h4-7,10-11H,8-9H2,1-3H3. The molecule has 0 heterocycles. The summed E-state index contributed by atoms with van der Waals surface area (Å²) in [5.41, 5.74) is 1.15. The van der Waals surface area contributed by atoms with Crippen LogP contribution in [-0.4, -0.2) is 25.7 Å². The van der Waals surface area contributed by atoms with Gasteiger partial charge in [-0.1, -0.05) is 25.1 Å². The van der Waals surface area contributed by atoms with E-state index in [0.717, 1.165) is 11.3 Å². The van der Waals surface area contributed by atoms with E-state index < -0.39 is 0 Å². The van der Waals surface area contributed by atoms with Crippen LogP contribution in [0.25, 0.3) is 0 Å². The van der Waals surface area contributed by atoms with Gasteiger partial charge in [0.25, 0.3) is 0 Å². The van der Waals surface area contributed by atoms with Gasteiger partial charge in [-0.3, -0.25) is 0 Å². The summed E-state index contributed by atoms with van der Waals surface area (Å²) in [6.07, 6.45) is 0. The van der Waals surface area contributed by atoms with Crippen molar-refractivity contribution < 1.29 is 9.47 Å². The Hall–Kier alpha value is -0.730. The first kappa shape index (κ1) is 13.3. The van der Waals surface area contributed by atoms with E-state index in [2.05, 4.69) is 13.0 Å². The third kappa shape index (κ3) is 3.69. The summed E-state index contributed by atoms with van der Waals surface area (Å²) in [4.78, 5) is 0. The maximum atomic E-state index is 6.12. The lowest BCUT2D eigenvalue weighted by molar-refractivity contribution is 0.145. The zero-order valence-corrected chi connectivity index (χ0v) is 10.8. The third-order valence-electron chi connectivity index (χ3n) is 2.64. The highest BCUT2D eigenvalue weighted by Gasteiger charge is 2.15. The van der Waals surface area contributed by atoms with Gasteiger partial charge in [0.05, 0.1) is 6.61 Å². The second kappa shape index (κ2) is 6.77. The number of ether oxygens (including phenoxy) is 2. The number of para-hydroxylation sites is 1. The Bertz CT molecular complexity index is 313. The Morgan fingerprint density at radius 1 is 1.19 bits per heavy atom. The van der Waals surface area contributed by atoms with Crippen LogP contribution in [0.4, 0.5) is 0 Å². The molecule has 0 fully saturated rings. The molecule has 16 heavy (non-hydrogen) atoms. The van der Waals surface area contributed by atoms with Crippen LogP contribution in [0, 0.1) is 0 Å². The topological polar surface area (TPSA) is 18.5 Å². The molecule has 0 radical (unpaired) electrons. The molecular formula is C13H19ClO2. The van der Waals surface area contributed by atoms with Crippen molar-refractivity contribution in [1.29, 1.82) is 0 Å². The SMILES string of the molecule is COCCOc1ccccc1C(C)C(C)Cl. The van der Waals surface area contributed by atoms with Crippen LogP contribution in [0.15, 0.2) is 24.3 Å². The fourth-order valence-electron chi connectivity index (χ4n) is 1.47. The molecule has 0 saturated heterocycles. The second-order valence-corrected chi connectivity index (χ2v) is 4.53. The van der Waals surface area contributed by atoms with Gasteiger partial charge in [-0.2, -0.15) is 0 Å². The fraction of sp³-hybridized carbons (Fsp3) is 0.538. The molecule has 0 aliphatic heterocycles. The van der Waals surface area contributed by atoms with E-state index in [-0.39, 0.29) is 11.3 Å². The zero-order valence-electron chi connectivity index (χ0n) is 10.1. The average Bonchev–Trinajstić information content (AvgIpc) is 2.29. The zero-order chi connectivity index (χ0) is 12.0. The molecule has 0 saturated carbocycles. The average molecular weight is 243 g/mol. The number of rotatable bonds is 6. The Balaban J connectivity index is 2.75. The van der Waals surface area contributed by atoms with E-state index in [1.165, 1.54) is 0 Å². The van der Waals surface area contributed by atoms with E-state index in [0.29, 0.717) is 13.2 Å². The minimum atomic E-state index is 0.0900. The van der Waals surface area contributed by atoms with Gasteiger partial charge >= 0.3 is 0 Å². The first-order valence-electron chi connectivity index (χ1n) is 5.51. The number of hydrogen-bond donors (Lipinski definition) is 0. The molecule has 0 amide bonds. The quantitative estimate of drug-likeness (QED) is 0.562. The van der Waals surface area contributed by atoms with Crippen molar-refractivity contribution in [2.75, 3.05) is 20.3 Å². The maximum absolute atomic E-state index is 6.12. The highest BCUT2D eigenvalue weighted by Crippen LogP contribution is 2.30. The van der Waals surface area contributed by atoms with Gasteiger partial charge in [-0.25, -0.2) is 0 Å². The van der Waals surface area contributed by atoms with Crippen molar-refractivity contribution in [3.63, 3.8) is 0 Å². The number of hydrogen-bond acceptors (Lipinski definition) is 2. The minimum absolute atomic E-state index is 0.0900. The van der Waals surface area contributed by atoms with Gasteiger partial charge in [0.15, 0.2) is 0 Å². The molecule has 1 aromatic rings. The molecule has 0 aliphatic rings. The van der Waals surface area contributed by atoms with Crippen LogP contribution in [0.3, 0.4) is 0 Å². The molecule has 2 nitrogen and oxygen atoms in total. The summed E-state index contributed by atoms with van der Waals surface area (Å²) in [5, 5.41) is 0.0900. The van der Waals surface area contributed by atoms with E-state index in [4.69, 9.17) is 21.1 Å². The number of halogens is 1. The van der Waals surface area contributed by atoms with Crippen LogP contribution in [0.2, 0.25) is 0 Å². The highest BCUT2D eigenvalue weighted by molar-refractivity contribution is 6.20. The molecular weight excluding hydrogens is 224 g/mol. The Labute approximate surface area is 103 Å². The van der Waals surface area contributed by atoms with Gasteiger partial charge in [-0.05, 0) is 18.6 Å². The van der Waals surface area contributed by atoms with Gasteiger partial charge in [0, 0.05) is 18.4 Å². The van der Waals surface area contributed by atoms with E-state index in [9.17, 15) is 0 Å². The predicted octanol–water partition coefficient (Wildman–Crippen LogP) is 3.44. The van der Waals surface area contributed by atoms with Crippen molar-refractivity contribution in [2.45, 2.75) is 25.1 Å². The highest BCUT2D eigenvalue weighted by atomic mass is 35.5. The Kier molecular flexibility index (Phi) is 5.64. The largest absolute Gasteiger partial charge is 0.491 e.